The molecule has 0 heterocycles. The monoisotopic (exact) mass is 352 g/mol. The summed E-state index contributed by atoms with van der Waals surface area (Å²) >= 11 is 5.66. The van der Waals surface area contributed by atoms with Gasteiger partial charge in [0.05, 0.1) is 14.9 Å². The molecule has 0 unspecified atom stereocenters. The number of hydrogen-bond donors (Lipinski definition) is 0. The van der Waals surface area contributed by atoms with Gasteiger partial charge in [-0.3, -0.25) is 20.2 Å². The van der Waals surface area contributed by atoms with Crippen molar-refractivity contribution >= 4 is 28.7 Å². The predicted molar refractivity (Wildman–Crippen MR) is 84.4 cm³/mol. The number of nitrogens with zero attached hydrogens (tertiary/aromatic N) is 4. The van der Waals surface area contributed by atoms with Crippen molar-refractivity contribution in [3.63, 3.8) is 0 Å². The predicted octanol–water partition coefficient (Wildman–Crippen LogP) is 3.35. The lowest BCUT2D eigenvalue weighted by atomic mass is 10.2. The van der Waals surface area contributed by atoms with Gasteiger partial charge in [-0.2, -0.15) is 0 Å². The SMILES string of the molecule is O=[N+]([O-])c1cc(Cl)cc([N+](=O)[O-])c1N(Cc1ccccc1)[N+](=O)[O-]. The zero-order valence-electron chi connectivity index (χ0n) is 11.9. The molecule has 0 N–H and O–H groups in total. The van der Waals surface area contributed by atoms with Gasteiger partial charge in [0, 0.05) is 12.1 Å². The van der Waals surface area contributed by atoms with Gasteiger partial charge in [-0.05, 0) is 5.56 Å². The van der Waals surface area contributed by atoms with E-state index in [2.05, 4.69) is 0 Å². The summed E-state index contributed by atoms with van der Waals surface area (Å²) in [4.78, 5) is 31.9. The van der Waals surface area contributed by atoms with Crippen LogP contribution in [-0.2, 0) is 6.54 Å². The molecule has 0 saturated heterocycles. The first kappa shape index (κ1) is 17.1. The Balaban J connectivity index is 2.66. The normalized spacial score (nSPS) is 10.2. The van der Waals surface area contributed by atoms with Gasteiger partial charge >= 0.3 is 11.4 Å². The summed E-state index contributed by atoms with van der Waals surface area (Å²) < 4.78 is 0. The van der Waals surface area contributed by atoms with Crippen LogP contribution in [0.4, 0.5) is 17.1 Å². The molecule has 0 aliphatic rings. The number of halogens is 1. The lowest BCUT2D eigenvalue weighted by Crippen LogP contribution is -2.30. The third-order valence-electron chi connectivity index (χ3n) is 3.06. The number of hydrazine groups is 1. The molecule has 10 nitrogen and oxygen atoms in total. The maximum atomic E-state index is 11.4. The lowest BCUT2D eigenvalue weighted by molar-refractivity contribution is -0.499. The molecule has 0 radical (unpaired) electrons. The van der Waals surface area contributed by atoms with Crippen molar-refractivity contribution < 1.29 is 14.9 Å². The molecule has 2 aromatic rings. The molecule has 0 bridgehead atoms. The summed E-state index contributed by atoms with van der Waals surface area (Å²) in [5.41, 5.74) is -1.92. The van der Waals surface area contributed by atoms with Crippen molar-refractivity contribution in [2.24, 2.45) is 0 Å². The van der Waals surface area contributed by atoms with E-state index in [1.54, 1.807) is 30.3 Å². The Labute approximate surface area is 139 Å². The first-order valence-electron chi connectivity index (χ1n) is 6.39. The Morgan fingerprint density at radius 3 is 1.83 bits per heavy atom. The highest BCUT2D eigenvalue weighted by molar-refractivity contribution is 6.31. The quantitative estimate of drug-likeness (QED) is 0.574. The van der Waals surface area contributed by atoms with Gasteiger partial charge in [-0.15, -0.1) is 0 Å². The summed E-state index contributed by atoms with van der Waals surface area (Å²) in [6, 6.07) is 9.73. The zero-order chi connectivity index (χ0) is 17.9. The van der Waals surface area contributed by atoms with Crippen molar-refractivity contribution in [1.29, 1.82) is 0 Å². The second kappa shape index (κ2) is 6.87. The van der Waals surface area contributed by atoms with E-state index in [-0.39, 0.29) is 5.02 Å². The van der Waals surface area contributed by atoms with Gasteiger partial charge in [-0.1, -0.05) is 46.9 Å². The summed E-state index contributed by atoms with van der Waals surface area (Å²) in [7, 11) is 0. The van der Waals surface area contributed by atoms with Crippen molar-refractivity contribution in [2.45, 2.75) is 6.54 Å². The van der Waals surface area contributed by atoms with E-state index in [1.807, 2.05) is 0 Å². The molecule has 0 aliphatic heterocycles. The van der Waals surface area contributed by atoms with E-state index in [0.717, 1.165) is 12.1 Å². The third kappa shape index (κ3) is 3.55. The third-order valence-corrected chi connectivity index (χ3v) is 3.28. The molecule has 11 heteroatoms. The highest BCUT2D eigenvalue weighted by Gasteiger charge is 2.37. The summed E-state index contributed by atoms with van der Waals surface area (Å²) in [6.07, 6.45) is 0. The highest BCUT2D eigenvalue weighted by atomic mass is 35.5. The molecular formula is C13H9ClN4O6. The number of hydrogen-bond acceptors (Lipinski definition) is 6. The standard InChI is InChI=1S/C13H9ClN4O6/c14-10-6-11(16(19)20)13(12(7-10)17(21)22)15(18(23)24)8-9-4-2-1-3-5-9/h1-7H,8H2. The zero-order valence-corrected chi connectivity index (χ0v) is 12.6. The first-order chi connectivity index (χ1) is 11.3. The molecule has 0 aliphatic carbocycles. The number of nitro groups is 3. The van der Waals surface area contributed by atoms with E-state index in [4.69, 9.17) is 11.6 Å². The molecule has 124 valence electrons. The van der Waals surface area contributed by atoms with Crippen molar-refractivity contribution in [2.75, 3.05) is 5.01 Å². The molecular weight excluding hydrogens is 344 g/mol. The van der Waals surface area contributed by atoms with Crippen molar-refractivity contribution in [3.05, 3.63) is 83.4 Å². The Bertz CT molecular complexity index is 778. The Morgan fingerprint density at radius 2 is 1.42 bits per heavy atom. The van der Waals surface area contributed by atoms with Crippen LogP contribution in [0.25, 0.3) is 0 Å². The molecule has 0 amide bonds. The van der Waals surface area contributed by atoms with Gasteiger partial charge < -0.3 is 0 Å². The van der Waals surface area contributed by atoms with Crippen molar-refractivity contribution in [3.8, 4) is 0 Å². The minimum atomic E-state index is -0.949. The second-order valence-electron chi connectivity index (χ2n) is 4.59. The number of rotatable bonds is 6. The van der Waals surface area contributed by atoms with Crippen LogP contribution >= 0.6 is 11.6 Å². The summed E-state index contributed by atoms with van der Waals surface area (Å²) in [6.45, 7) is -0.392. The number of nitro benzene ring substituents is 2. The average Bonchev–Trinajstić information content (AvgIpc) is 2.52. The van der Waals surface area contributed by atoms with Crippen LogP contribution in [0.5, 0.6) is 0 Å². The highest BCUT2D eigenvalue weighted by Crippen LogP contribution is 2.40. The molecule has 0 atom stereocenters. The largest absolute Gasteiger partial charge is 0.307 e. The number of anilines is 1. The first-order valence-corrected chi connectivity index (χ1v) is 6.77. The maximum Gasteiger partial charge on any atom is 0.307 e. The van der Waals surface area contributed by atoms with Crippen LogP contribution in [0.15, 0.2) is 42.5 Å². The molecule has 0 saturated carbocycles. The second-order valence-corrected chi connectivity index (χ2v) is 5.02. The molecule has 0 aromatic heterocycles. The molecule has 0 spiro atoms. The van der Waals surface area contributed by atoms with Crippen LogP contribution in [-0.4, -0.2) is 14.9 Å². The summed E-state index contributed by atoms with van der Waals surface area (Å²) in [5.74, 6) is 0. The van der Waals surface area contributed by atoms with E-state index in [1.165, 1.54) is 0 Å². The van der Waals surface area contributed by atoms with Gasteiger partial charge in [-0.25, -0.2) is 10.1 Å². The van der Waals surface area contributed by atoms with E-state index < -0.39 is 38.5 Å². The van der Waals surface area contributed by atoms with Crippen LogP contribution in [0.2, 0.25) is 5.02 Å². The van der Waals surface area contributed by atoms with Crippen LogP contribution in [0.1, 0.15) is 5.56 Å². The van der Waals surface area contributed by atoms with Crippen molar-refractivity contribution in [1.82, 2.24) is 0 Å². The van der Waals surface area contributed by atoms with E-state index in [0.29, 0.717) is 10.6 Å². The molecule has 0 fully saturated rings. The van der Waals surface area contributed by atoms with Gasteiger partial charge in [0.25, 0.3) is 5.69 Å². The molecule has 2 rings (SSSR count). The topological polar surface area (TPSA) is 133 Å². The Hall–Kier alpha value is -3.27. The Morgan fingerprint density at radius 1 is 0.917 bits per heavy atom. The summed E-state index contributed by atoms with van der Waals surface area (Å²) in [5, 5.41) is 33.0. The van der Waals surface area contributed by atoms with Gasteiger partial charge in [0.1, 0.15) is 6.54 Å². The van der Waals surface area contributed by atoms with Gasteiger partial charge in [0.15, 0.2) is 5.03 Å². The van der Waals surface area contributed by atoms with Crippen LogP contribution in [0.3, 0.4) is 0 Å². The molecule has 24 heavy (non-hydrogen) atoms. The van der Waals surface area contributed by atoms with Crippen LogP contribution < -0.4 is 5.01 Å². The fourth-order valence-corrected chi connectivity index (χ4v) is 2.30. The average molecular weight is 353 g/mol. The fraction of sp³-hybridized carbons (Fsp3) is 0.0769. The smallest absolute Gasteiger partial charge is 0.258 e. The van der Waals surface area contributed by atoms with Crippen LogP contribution in [0, 0.1) is 30.3 Å². The fourth-order valence-electron chi connectivity index (χ4n) is 2.09. The molecule has 2 aromatic carbocycles. The lowest BCUT2D eigenvalue weighted by Gasteiger charge is -2.14. The minimum absolute atomic E-state index is 0.264. The van der Waals surface area contributed by atoms with E-state index in [9.17, 15) is 30.3 Å². The Kier molecular flexibility index (Phi) is 4.90. The maximum absolute atomic E-state index is 11.4. The minimum Gasteiger partial charge on any atom is -0.258 e. The van der Waals surface area contributed by atoms with Gasteiger partial charge in [0.2, 0.25) is 0 Å². The van der Waals surface area contributed by atoms with E-state index >= 15 is 0 Å². The number of benzene rings is 2.